The number of aryl methyl sites for hydroxylation is 1. The summed E-state index contributed by atoms with van der Waals surface area (Å²) in [4.78, 5) is 11.2. The Labute approximate surface area is 129 Å². The van der Waals surface area contributed by atoms with Gasteiger partial charge < -0.3 is 9.64 Å². The molecule has 1 aromatic heterocycles. The number of methoxy groups -OCH3 is 1. The van der Waals surface area contributed by atoms with E-state index in [0.29, 0.717) is 0 Å². The third kappa shape index (κ3) is 1.91. The smallest absolute Gasteiger partial charge is 0.144 e. The van der Waals surface area contributed by atoms with Gasteiger partial charge in [0.25, 0.3) is 0 Å². The molecule has 2 aromatic carbocycles. The first-order chi connectivity index (χ1) is 10.8. The zero-order chi connectivity index (χ0) is 15.1. The summed E-state index contributed by atoms with van der Waals surface area (Å²) >= 11 is 0. The molecule has 4 rings (SSSR count). The minimum absolute atomic E-state index is 0.815. The molecular weight excluding hydrogens is 274 g/mol. The lowest BCUT2D eigenvalue weighted by Crippen LogP contribution is -2.16. The number of aromatic nitrogens is 2. The summed E-state index contributed by atoms with van der Waals surface area (Å²) in [6.07, 6.45) is 2.69. The summed E-state index contributed by atoms with van der Waals surface area (Å²) in [6, 6.07) is 12.4. The standard InChI is InChI=1S/C18H17N3O/c1-12-4-3-5-13-8-9-21(17(12)13)18-15-7-6-14(22-2)10-16(15)19-11-20-18/h3-7,10-11H,8-9H2,1-2H3. The van der Waals surface area contributed by atoms with Gasteiger partial charge in [-0.3, -0.25) is 0 Å². The molecule has 4 nitrogen and oxygen atoms in total. The number of fused-ring (bicyclic) bond motifs is 2. The van der Waals surface area contributed by atoms with Gasteiger partial charge in [-0.05, 0) is 36.6 Å². The van der Waals surface area contributed by atoms with Crippen LogP contribution >= 0.6 is 0 Å². The van der Waals surface area contributed by atoms with Crippen molar-refractivity contribution >= 4 is 22.4 Å². The van der Waals surface area contributed by atoms with Crippen molar-refractivity contribution in [2.24, 2.45) is 0 Å². The molecule has 1 aliphatic rings. The van der Waals surface area contributed by atoms with Crippen LogP contribution in [0.15, 0.2) is 42.7 Å². The van der Waals surface area contributed by atoms with Gasteiger partial charge in [-0.15, -0.1) is 0 Å². The summed E-state index contributed by atoms with van der Waals surface area (Å²) in [5.74, 6) is 1.79. The van der Waals surface area contributed by atoms with Gasteiger partial charge in [0.1, 0.15) is 17.9 Å². The van der Waals surface area contributed by atoms with E-state index in [1.54, 1.807) is 13.4 Å². The number of hydrogen-bond acceptors (Lipinski definition) is 4. The van der Waals surface area contributed by atoms with Gasteiger partial charge in [0, 0.05) is 23.7 Å². The molecule has 110 valence electrons. The first kappa shape index (κ1) is 13.1. The van der Waals surface area contributed by atoms with E-state index in [2.05, 4.69) is 40.0 Å². The fourth-order valence-electron chi connectivity index (χ4n) is 3.23. The van der Waals surface area contributed by atoms with Crippen molar-refractivity contribution in [2.45, 2.75) is 13.3 Å². The van der Waals surface area contributed by atoms with Gasteiger partial charge in [0.05, 0.1) is 12.6 Å². The summed E-state index contributed by atoms with van der Waals surface area (Å²) in [6.45, 7) is 3.11. The highest BCUT2D eigenvalue weighted by molar-refractivity contribution is 5.93. The zero-order valence-corrected chi connectivity index (χ0v) is 12.7. The maximum atomic E-state index is 5.29. The molecule has 4 heteroatoms. The fourth-order valence-corrected chi connectivity index (χ4v) is 3.23. The number of rotatable bonds is 2. The minimum atomic E-state index is 0.815. The summed E-state index contributed by atoms with van der Waals surface area (Å²) in [5, 5.41) is 1.06. The number of nitrogens with zero attached hydrogens (tertiary/aromatic N) is 3. The van der Waals surface area contributed by atoms with Gasteiger partial charge in [-0.25, -0.2) is 9.97 Å². The Morgan fingerprint density at radius 2 is 2.05 bits per heavy atom. The Kier molecular flexibility index (Phi) is 2.96. The van der Waals surface area contributed by atoms with E-state index < -0.39 is 0 Å². The SMILES string of the molecule is COc1ccc2c(N3CCc4cccc(C)c43)ncnc2c1. The van der Waals surface area contributed by atoms with E-state index in [1.807, 2.05) is 18.2 Å². The van der Waals surface area contributed by atoms with Gasteiger partial charge in [0.15, 0.2) is 0 Å². The molecule has 0 N–H and O–H groups in total. The summed E-state index contributed by atoms with van der Waals surface area (Å²) in [5.41, 5.74) is 4.88. The van der Waals surface area contributed by atoms with E-state index in [9.17, 15) is 0 Å². The number of hydrogen-bond donors (Lipinski definition) is 0. The average molecular weight is 291 g/mol. The van der Waals surface area contributed by atoms with Gasteiger partial charge >= 0.3 is 0 Å². The number of para-hydroxylation sites is 1. The van der Waals surface area contributed by atoms with Crippen LogP contribution in [0.1, 0.15) is 11.1 Å². The molecule has 22 heavy (non-hydrogen) atoms. The number of benzene rings is 2. The van der Waals surface area contributed by atoms with Crippen molar-refractivity contribution in [3.8, 4) is 5.75 Å². The topological polar surface area (TPSA) is 38.2 Å². The van der Waals surface area contributed by atoms with E-state index in [-0.39, 0.29) is 0 Å². The Morgan fingerprint density at radius 1 is 1.14 bits per heavy atom. The maximum absolute atomic E-state index is 5.29. The second-order valence-electron chi connectivity index (χ2n) is 5.56. The number of ether oxygens (including phenoxy) is 1. The molecule has 0 fully saturated rings. The third-order valence-corrected chi connectivity index (χ3v) is 4.27. The van der Waals surface area contributed by atoms with Crippen LogP contribution in [0.4, 0.5) is 11.5 Å². The Balaban J connectivity index is 1.90. The molecule has 0 saturated carbocycles. The Morgan fingerprint density at radius 3 is 2.91 bits per heavy atom. The monoisotopic (exact) mass is 291 g/mol. The zero-order valence-electron chi connectivity index (χ0n) is 12.7. The van der Waals surface area contributed by atoms with Crippen LogP contribution in [0, 0.1) is 6.92 Å². The maximum Gasteiger partial charge on any atom is 0.144 e. The molecule has 0 spiro atoms. The molecule has 0 unspecified atom stereocenters. The highest BCUT2D eigenvalue weighted by atomic mass is 16.5. The molecule has 3 aromatic rings. The minimum Gasteiger partial charge on any atom is -0.497 e. The van der Waals surface area contributed by atoms with E-state index in [1.165, 1.54) is 16.8 Å². The third-order valence-electron chi connectivity index (χ3n) is 4.27. The molecule has 0 amide bonds. The predicted molar refractivity (Wildman–Crippen MR) is 88.0 cm³/mol. The largest absolute Gasteiger partial charge is 0.497 e. The first-order valence-corrected chi connectivity index (χ1v) is 7.43. The first-order valence-electron chi connectivity index (χ1n) is 7.43. The van der Waals surface area contributed by atoms with Crippen LogP contribution in [-0.2, 0) is 6.42 Å². The molecular formula is C18H17N3O. The highest BCUT2D eigenvalue weighted by Crippen LogP contribution is 2.38. The van der Waals surface area contributed by atoms with Crippen molar-refractivity contribution in [1.82, 2.24) is 9.97 Å². The van der Waals surface area contributed by atoms with Crippen molar-refractivity contribution in [3.05, 3.63) is 53.9 Å². The van der Waals surface area contributed by atoms with E-state index in [4.69, 9.17) is 4.74 Å². The van der Waals surface area contributed by atoms with Crippen LogP contribution in [0.5, 0.6) is 5.75 Å². The van der Waals surface area contributed by atoms with Crippen molar-refractivity contribution in [3.63, 3.8) is 0 Å². The second kappa shape index (κ2) is 4.98. The molecule has 0 aliphatic carbocycles. The van der Waals surface area contributed by atoms with Crippen LogP contribution in [-0.4, -0.2) is 23.6 Å². The van der Waals surface area contributed by atoms with Gasteiger partial charge in [-0.1, -0.05) is 18.2 Å². The molecule has 0 saturated heterocycles. The summed E-state index contributed by atoms with van der Waals surface area (Å²) < 4.78 is 5.29. The van der Waals surface area contributed by atoms with Gasteiger partial charge in [-0.2, -0.15) is 0 Å². The average Bonchev–Trinajstić information content (AvgIpc) is 2.99. The quantitative estimate of drug-likeness (QED) is 0.722. The molecule has 1 aliphatic heterocycles. The Hall–Kier alpha value is -2.62. The second-order valence-corrected chi connectivity index (χ2v) is 5.56. The predicted octanol–water partition coefficient (Wildman–Crippen LogP) is 3.64. The fraction of sp³-hybridized carbons (Fsp3) is 0.222. The Bertz CT molecular complexity index is 860. The molecule has 2 heterocycles. The molecule has 0 bridgehead atoms. The lowest BCUT2D eigenvalue weighted by molar-refractivity contribution is 0.415. The van der Waals surface area contributed by atoms with Gasteiger partial charge in [0.2, 0.25) is 0 Å². The highest BCUT2D eigenvalue weighted by Gasteiger charge is 2.24. The number of anilines is 2. The van der Waals surface area contributed by atoms with Crippen LogP contribution in [0.3, 0.4) is 0 Å². The van der Waals surface area contributed by atoms with Crippen LogP contribution in [0.2, 0.25) is 0 Å². The summed E-state index contributed by atoms with van der Waals surface area (Å²) in [7, 11) is 1.67. The lowest BCUT2D eigenvalue weighted by atomic mass is 10.1. The lowest BCUT2D eigenvalue weighted by Gasteiger charge is -2.21. The van der Waals surface area contributed by atoms with Crippen molar-refractivity contribution in [2.75, 3.05) is 18.6 Å². The van der Waals surface area contributed by atoms with Crippen LogP contribution < -0.4 is 9.64 Å². The molecule has 0 radical (unpaired) electrons. The van der Waals surface area contributed by atoms with E-state index >= 15 is 0 Å². The van der Waals surface area contributed by atoms with Crippen molar-refractivity contribution in [1.29, 1.82) is 0 Å². The van der Waals surface area contributed by atoms with E-state index in [0.717, 1.165) is 35.4 Å². The van der Waals surface area contributed by atoms with Crippen LogP contribution in [0.25, 0.3) is 10.9 Å². The molecule has 0 atom stereocenters. The van der Waals surface area contributed by atoms with Crippen molar-refractivity contribution < 1.29 is 4.74 Å². The normalized spacial score (nSPS) is 13.5.